The second-order valence-electron chi connectivity index (χ2n) is 10.1. The van der Waals surface area contributed by atoms with E-state index in [4.69, 9.17) is 18.5 Å². The monoisotopic (exact) mass is 601 g/mol. The van der Waals surface area contributed by atoms with Gasteiger partial charge in [0.1, 0.15) is 36.2 Å². The van der Waals surface area contributed by atoms with Crippen LogP contribution in [0.15, 0.2) is 48.9 Å². The van der Waals surface area contributed by atoms with Gasteiger partial charge < -0.3 is 24.2 Å². The Morgan fingerprint density at radius 2 is 1.98 bits per heavy atom. The van der Waals surface area contributed by atoms with Gasteiger partial charge in [0, 0.05) is 12.4 Å². The normalized spacial score (nSPS) is 24.3. The van der Waals surface area contributed by atoms with Crippen LogP contribution in [0.3, 0.4) is 0 Å². The van der Waals surface area contributed by atoms with E-state index in [1.807, 2.05) is 19.9 Å². The topological polar surface area (TPSA) is 178 Å². The van der Waals surface area contributed by atoms with Crippen LogP contribution in [-0.2, 0) is 29.0 Å². The number of carbonyl (C=O) groups excluding carboxylic acids is 1. The number of fused-ring (bicyclic) bond motifs is 1. The molecule has 1 aliphatic rings. The lowest BCUT2D eigenvalue weighted by Gasteiger charge is -2.25. The number of nitrogens with zero attached hydrogens (tertiary/aromatic N) is 4. The Kier molecular flexibility index (Phi) is 9.99. The average Bonchev–Trinajstić information content (AvgIpc) is 3.53. The second kappa shape index (κ2) is 13.3. The second-order valence-corrected chi connectivity index (χ2v) is 11.8. The molecule has 0 amide bonds. The zero-order valence-electron chi connectivity index (χ0n) is 23.9. The molecule has 0 bridgehead atoms. The van der Waals surface area contributed by atoms with Crippen molar-refractivity contribution in [2.75, 3.05) is 13.2 Å². The first-order valence-corrected chi connectivity index (χ1v) is 15.3. The van der Waals surface area contributed by atoms with Gasteiger partial charge in [0.15, 0.2) is 5.65 Å². The van der Waals surface area contributed by atoms with Gasteiger partial charge in [-0.2, -0.15) is 10.3 Å². The van der Waals surface area contributed by atoms with Crippen molar-refractivity contribution in [3.63, 3.8) is 0 Å². The van der Waals surface area contributed by atoms with E-state index < -0.39 is 50.3 Å². The van der Waals surface area contributed by atoms with Crippen LogP contribution < -0.4 is 9.61 Å². The molecule has 13 nitrogen and oxygen atoms in total. The van der Waals surface area contributed by atoms with Gasteiger partial charge in [-0.3, -0.25) is 18.7 Å². The molecule has 0 radical (unpaired) electrons. The molecule has 4 rings (SSSR count). The summed E-state index contributed by atoms with van der Waals surface area (Å²) in [5.41, 5.74) is -0.815. The molecule has 1 fully saturated rings. The van der Waals surface area contributed by atoms with Gasteiger partial charge >= 0.3 is 13.7 Å². The lowest BCUT2D eigenvalue weighted by atomic mass is 9.93. The molecule has 3 N–H and O–H groups in total. The quantitative estimate of drug-likeness (QED) is 0.193. The maximum absolute atomic E-state index is 13.9. The van der Waals surface area contributed by atoms with Crippen molar-refractivity contribution in [1.82, 2.24) is 19.5 Å². The summed E-state index contributed by atoms with van der Waals surface area (Å²) >= 11 is 0. The molecule has 6 atom stereocenters. The third-order valence-corrected chi connectivity index (χ3v) is 8.95. The van der Waals surface area contributed by atoms with Crippen LogP contribution in [0.25, 0.3) is 5.65 Å². The summed E-state index contributed by atoms with van der Waals surface area (Å²) in [6.45, 7) is 6.87. The number of hydrogen-bond donors (Lipinski definition) is 3. The molecule has 42 heavy (non-hydrogen) atoms. The van der Waals surface area contributed by atoms with E-state index in [1.165, 1.54) is 19.3 Å². The molecule has 226 valence electrons. The predicted octanol–water partition coefficient (Wildman–Crippen LogP) is 3.04. The Morgan fingerprint density at radius 3 is 2.64 bits per heavy atom. The van der Waals surface area contributed by atoms with Crippen molar-refractivity contribution < 1.29 is 38.1 Å². The molecule has 1 aliphatic heterocycles. The molecule has 3 aromatic rings. The zero-order valence-corrected chi connectivity index (χ0v) is 24.8. The van der Waals surface area contributed by atoms with Crippen molar-refractivity contribution in [3.8, 4) is 11.8 Å². The summed E-state index contributed by atoms with van der Waals surface area (Å²) < 4.78 is 38.1. The van der Waals surface area contributed by atoms with E-state index >= 15 is 0 Å². The number of aromatic nitrogens is 3. The van der Waals surface area contributed by atoms with Crippen molar-refractivity contribution >= 4 is 19.4 Å². The van der Waals surface area contributed by atoms with Crippen LogP contribution in [-0.4, -0.2) is 68.1 Å². The Morgan fingerprint density at radius 1 is 1.26 bits per heavy atom. The molecule has 14 heteroatoms. The Bertz CT molecular complexity index is 1460. The number of aryl methyl sites for hydroxylation is 1. The molecule has 3 heterocycles. The first-order chi connectivity index (χ1) is 20.1. The van der Waals surface area contributed by atoms with Crippen LogP contribution in [0.5, 0.6) is 5.75 Å². The number of aliphatic hydroxyl groups excluding tert-OH is 2. The van der Waals surface area contributed by atoms with Gasteiger partial charge in [-0.15, -0.1) is 0 Å². The highest BCUT2D eigenvalue weighted by Gasteiger charge is 2.58. The van der Waals surface area contributed by atoms with Crippen LogP contribution >= 0.6 is 7.75 Å². The summed E-state index contributed by atoms with van der Waals surface area (Å²) in [4.78, 5) is 21.1. The van der Waals surface area contributed by atoms with E-state index in [2.05, 4.69) is 15.1 Å². The molecular weight excluding hydrogens is 565 g/mol. The zero-order chi connectivity index (χ0) is 30.5. The van der Waals surface area contributed by atoms with Crippen molar-refractivity contribution in [1.29, 1.82) is 5.26 Å². The minimum atomic E-state index is -4.30. The number of esters is 1. The summed E-state index contributed by atoms with van der Waals surface area (Å²) in [5.74, 6) is -0.249. The van der Waals surface area contributed by atoms with E-state index in [0.29, 0.717) is 11.3 Å². The van der Waals surface area contributed by atoms with Crippen LogP contribution in [0.4, 0.5) is 0 Å². The number of nitriles is 1. The van der Waals surface area contributed by atoms with Crippen LogP contribution in [0, 0.1) is 24.2 Å². The summed E-state index contributed by atoms with van der Waals surface area (Å²) in [6, 6.07) is 9.08. The van der Waals surface area contributed by atoms with E-state index in [-0.39, 0.29) is 24.0 Å². The fourth-order valence-electron chi connectivity index (χ4n) is 4.66. The number of rotatable bonds is 13. The number of para-hydroxylation sites is 1. The molecule has 0 spiro atoms. The van der Waals surface area contributed by atoms with Crippen molar-refractivity contribution in [2.24, 2.45) is 5.92 Å². The maximum atomic E-state index is 13.9. The third-order valence-electron chi connectivity index (χ3n) is 7.31. The van der Waals surface area contributed by atoms with Crippen molar-refractivity contribution in [3.05, 3.63) is 60.3 Å². The first-order valence-electron chi connectivity index (χ1n) is 13.7. The number of carbonyl (C=O) groups is 1. The molecule has 2 aromatic heterocycles. The fourth-order valence-corrected chi connectivity index (χ4v) is 6.16. The van der Waals surface area contributed by atoms with Gasteiger partial charge in [-0.05, 0) is 31.9 Å². The summed E-state index contributed by atoms with van der Waals surface area (Å²) in [6.07, 6.45) is 1.51. The number of hydrogen-bond acceptors (Lipinski definition) is 11. The number of imidazole rings is 1. The molecular formula is C28H36N5O8P. The average molecular weight is 602 g/mol. The molecule has 1 saturated heterocycles. The van der Waals surface area contributed by atoms with Crippen LogP contribution in [0.2, 0.25) is 0 Å². The van der Waals surface area contributed by atoms with E-state index in [1.54, 1.807) is 47.9 Å². The molecule has 0 aliphatic carbocycles. The molecule has 0 saturated carbocycles. The lowest BCUT2D eigenvalue weighted by molar-refractivity contribution is -0.146. The maximum Gasteiger partial charge on any atom is 0.459 e. The van der Waals surface area contributed by atoms with Crippen LogP contribution in [0.1, 0.15) is 45.0 Å². The summed E-state index contributed by atoms with van der Waals surface area (Å²) in [5, 5.41) is 34.7. The SMILES string of the molecule is CCC(CC)COC(=O)[C@H](C)N[P@](=O)(OC[C@H]1O[C@@](C#N)(c2cnc3c(C)nccn23)[C@H](O)[C@@H]1O)Oc1ccccc1. The van der Waals surface area contributed by atoms with E-state index in [9.17, 15) is 24.8 Å². The van der Waals surface area contributed by atoms with Gasteiger partial charge in [0.05, 0.1) is 30.8 Å². The third kappa shape index (κ3) is 6.49. The Labute approximate surface area is 244 Å². The highest BCUT2D eigenvalue weighted by atomic mass is 31.2. The largest absolute Gasteiger partial charge is 0.464 e. The fraction of sp³-hybridized carbons (Fsp3) is 0.500. The molecule has 0 unspecified atom stereocenters. The highest BCUT2D eigenvalue weighted by Crippen LogP contribution is 2.47. The standard InChI is InChI=1S/C28H36N5O8P/c1-5-20(6-2)15-38-27(36)19(4)32-42(37,41-21-10-8-7-9-11-21)39-16-22-24(34)25(35)28(17-29,40-22)23-14-31-26-18(3)30-12-13-33(23)26/h7-14,19-20,22,24-25,34-35H,5-6,15-16H2,1-4H3,(H,32,37)/t19-,22+,24+,25+,28-,42-/m0/s1. The number of aliphatic hydroxyl groups is 2. The van der Waals surface area contributed by atoms with Gasteiger partial charge in [0.25, 0.3) is 0 Å². The summed E-state index contributed by atoms with van der Waals surface area (Å²) in [7, 11) is -4.30. The number of nitrogens with one attached hydrogen (secondary N) is 1. The minimum Gasteiger partial charge on any atom is -0.464 e. The first kappa shape index (κ1) is 31.6. The smallest absolute Gasteiger partial charge is 0.459 e. The Balaban J connectivity index is 1.53. The number of benzene rings is 1. The van der Waals surface area contributed by atoms with Gasteiger partial charge in [-0.25, -0.2) is 9.55 Å². The van der Waals surface area contributed by atoms with Gasteiger partial charge in [-0.1, -0.05) is 44.9 Å². The lowest BCUT2D eigenvalue weighted by Crippen LogP contribution is -2.40. The van der Waals surface area contributed by atoms with Crippen molar-refractivity contribution in [2.45, 2.75) is 70.5 Å². The van der Waals surface area contributed by atoms with Gasteiger partial charge in [0.2, 0.25) is 5.60 Å². The van der Waals surface area contributed by atoms with E-state index in [0.717, 1.165) is 12.8 Å². The highest BCUT2D eigenvalue weighted by molar-refractivity contribution is 7.52. The molecule has 1 aromatic carbocycles. The Hall–Kier alpha value is -3.37. The number of ether oxygens (including phenoxy) is 2. The minimum absolute atomic E-state index is 0.176. The predicted molar refractivity (Wildman–Crippen MR) is 150 cm³/mol.